The Bertz CT molecular complexity index is 791. The van der Waals surface area contributed by atoms with Gasteiger partial charge in [0.25, 0.3) is 0 Å². The molecule has 1 aliphatic carbocycles. The van der Waals surface area contributed by atoms with E-state index < -0.39 is 0 Å². The fraction of sp³-hybridized carbons (Fsp3) is 0.300. The van der Waals surface area contributed by atoms with Crippen molar-refractivity contribution in [3.8, 4) is 0 Å². The quantitative estimate of drug-likeness (QED) is 0.825. The van der Waals surface area contributed by atoms with Gasteiger partial charge < -0.3 is 10.2 Å². The van der Waals surface area contributed by atoms with E-state index in [-0.39, 0.29) is 24.3 Å². The average molecular weight is 401 g/mol. The highest BCUT2D eigenvalue weighted by Crippen LogP contribution is 2.35. The molecule has 0 radical (unpaired) electrons. The SMILES string of the molecule is CN(CC(=O)Nc1ccccc1Br)C(=O)CC1CCc2ccccc21. The number of nitrogens with zero attached hydrogens (tertiary/aromatic N) is 1. The Kier molecular flexibility index (Phi) is 5.53. The number of likely N-dealkylation sites (N-methyl/N-ethyl adjacent to an activating group) is 1. The van der Waals surface area contributed by atoms with Gasteiger partial charge in [0, 0.05) is 17.9 Å². The smallest absolute Gasteiger partial charge is 0.244 e. The number of rotatable bonds is 5. The van der Waals surface area contributed by atoms with Gasteiger partial charge in [0.1, 0.15) is 0 Å². The second-order valence-corrected chi connectivity index (χ2v) is 7.27. The number of amides is 2. The Morgan fingerprint density at radius 2 is 1.88 bits per heavy atom. The Labute approximate surface area is 156 Å². The van der Waals surface area contributed by atoms with Crippen molar-refractivity contribution < 1.29 is 9.59 Å². The zero-order valence-corrected chi connectivity index (χ0v) is 15.8. The van der Waals surface area contributed by atoms with Crippen LogP contribution in [0.25, 0.3) is 0 Å². The Morgan fingerprint density at radius 1 is 1.16 bits per heavy atom. The van der Waals surface area contributed by atoms with Crippen LogP contribution in [-0.2, 0) is 16.0 Å². The number of anilines is 1. The van der Waals surface area contributed by atoms with E-state index in [2.05, 4.69) is 33.4 Å². The summed E-state index contributed by atoms with van der Waals surface area (Å²) in [6, 6.07) is 15.7. The van der Waals surface area contributed by atoms with Crippen LogP contribution in [0.2, 0.25) is 0 Å². The average Bonchev–Trinajstić information content (AvgIpc) is 3.00. The fourth-order valence-corrected chi connectivity index (χ4v) is 3.66. The van der Waals surface area contributed by atoms with Gasteiger partial charge in [-0.05, 0) is 57.9 Å². The number of hydrogen-bond acceptors (Lipinski definition) is 2. The first-order valence-corrected chi connectivity index (χ1v) is 9.20. The van der Waals surface area contributed by atoms with E-state index in [4.69, 9.17) is 0 Å². The van der Waals surface area contributed by atoms with E-state index in [0.29, 0.717) is 12.1 Å². The minimum absolute atomic E-state index is 0.00369. The van der Waals surface area contributed by atoms with Gasteiger partial charge in [-0.2, -0.15) is 0 Å². The molecule has 0 spiro atoms. The van der Waals surface area contributed by atoms with Crippen LogP contribution in [0.4, 0.5) is 5.69 Å². The minimum Gasteiger partial charge on any atom is -0.336 e. The molecule has 25 heavy (non-hydrogen) atoms. The number of carbonyl (C=O) groups excluding carboxylic acids is 2. The largest absolute Gasteiger partial charge is 0.336 e. The molecule has 0 fully saturated rings. The van der Waals surface area contributed by atoms with Gasteiger partial charge in [-0.25, -0.2) is 0 Å². The van der Waals surface area contributed by atoms with E-state index in [1.54, 1.807) is 7.05 Å². The third kappa shape index (κ3) is 4.28. The minimum atomic E-state index is -0.199. The molecule has 4 nitrogen and oxygen atoms in total. The number of carbonyl (C=O) groups is 2. The monoisotopic (exact) mass is 400 g/mol. The number of nitrogens with one attached hydrogen (secondary N) is 1. The number of halogens is 1. The standard InChI is InChI=1S/C20H21BrN2O2/c1-23(13-19(24)22-18-9-5-4-8-17(18)21)20(25)12-15-11-10-14-6-2-3-7-16(14)15/h2-9,15H,10-13H2,1H3,(H,22,24). The van der Waals surface area contributed by atoms with Gasteiger partial charge in [-0.1, -0.05) is 36.4 Å². The summed E-state index contributed by atoms with van der Waals surface area (Å²) < 4.78 is 0.819. The van der Waals surface area contributed by atoms with Crippen LogP contribution >= 0.6 is 15.9 Å². The molecule has 0 bridgehead atoms. The van der Waals surface area contributed by atoms with Gasteiger partial charge >= 0.3 is 0 Å². The molecule has 5 heteroatoms. The molecule has 0 aromatic heterocycles. The highest BCUT2D eigenvalue weighted by atomic mass is 79.9. The summed E-state index contributed by atoms with van der Waals surface area (Å²) in [5, 5.41) is 2.83. The molecule has 3 rings (SSSR count). The van der Waals surface area contributed by atoms with Gasteiger partial charge in [0.2, 0.25) is 11.8 Å². The second-order valence-electron chi connectivity index (χ2n) is 6.42. The molecule has 1 atom stereocenters. The predicted molar refractivity (Wildman–Crippen MR) is 103 cm³/mol. The lowest BCUT2D eigenvalue weighted by molar-refractivity contribution is -0.133. The topological polar surface area (TPSA) is 49.4 Å². The van der Waals surface area contributed by atoms with E-state index in [0.717, 1.165) is 17.3 Å². The number of benzene rings is 2. The van der Waals surface area contributed by atoms with E-state index >= 15 is 0 Å². The molecule has 0 heterocycles. The lowest BCUT2D eigenvalue weighted by Gasteiger charge is -2.19. The Hall–Kier alpha value is -2.14. The van der Waals surface area contributed by atoms with Crippen molar-refractivity contribution in [2.75, 3.05) is 18.9 Å². The predicted octanol–water partition coefficient (Wildman–Crippen LogP) is 3.97. The van der Waals surface area contributed by atoms with Crippen molar-refractivity contribution in [3.05, 3.63) is 64.1 Å². The lowest BCUT2D eigenvalue weighted by atomic mass is 9.97. The molecule has 2 amide bonds. The van der Waals surface area contributed by atoms with Crippen LogP contribution in [0, 0.1) is 0 Å². The number of aryl methyl sites for hydroxylation is 1. The number of fused-ring (bicyclic) bond motifs is 1. The van der Waals surface area contributed by atoms with Crippen molar-refractivity contribution in [2.24, 2.45) is 0 Å². The highest BCUT2D eigenvalue weighted by Gasteiger charge is 2.26. The van der Waals surface area contributed by atoms with Crippen LogP contribution in [-0.4, -0.2) is 30.3 Å². The van der Waals surface area contributed by atoms with E-state index in [1.165, 1.54) is 16.0 Å². The fourth-order valence-electron chi connectivity index (χ4n) is 3.28. The van der Waals surface area contributed by atoms with Crippen LogP contribution < -0.4 is 5.32 Å². The van der Waals surface area contributed by atoms with Crippen LogP contribution in [0.1, 0.15) is 29.9 Å². The van der Waals surface area contributed by atoms with E-state index in [1.807, 2.05) is 36.4 Å². The molecule has 130 valence electrons. The normalized spacial score (nSPS) is 15.5. The van der Waals surface area contributed by atoms with Gasteiger partial charge in [-0.3, -0.25) is 9.59 Å². The van der Waals surface area contributed by atoms with Crippen molar-refractivity contribution in [1.29, 1.82) is 0 Å². The summed E-state index contributed by atoms with van der Waals surface area (Å²) in [5.74, 6) is 0.0658. The van der Waals surface area contributed by atoms with Crippen molar-refractivity contribution in [3.63, 3.8) is 0 Å². The zero-order valence-electron chi connectivity index (χ0n) is 14.2. The molecular formula is C20H21BrN2O2. The first-order valence-electron chi connectivity index (χ1n) is 8.40. The van der Waals surface area contributed by atoms with Crippen LogP contribution in [0.5, 0.6) is 0 Å². The van der Waals surface area contributed by atoms with Gasteiger partial charge in [0.15, 0.2) is 0 Å². The molecule has 0 saturated carbocycles. The number of para-hydroxylation sites is 1. The molecule has 1 N–H and O–H groups in total. The Morgan fingerprint density at radius 3 is 2.68 bits per heavy atom. The van der Waals surface area contributed by atoms with E-state index in [9.17, 15) is 9.59 Å². The second kappa shape index (κ2) is 7.83. The summed E-state index contributed by atoms with van der Waals surface area (Å²) in [5.41, 5.74) is 3.33. The van der Waals surface area contributed by atoms with Crippen molar-refractivity contribution in [2.45, 2.75) is 25.2 Å². The molecule has 2 aromatic rings. The highest BCUT2D eigenvalue weighted by molar-refractivity contribution is 9.10. The summed E-state index contributed by atoms with van der Waals surface area (Å²) in [4.78, 5) is 26.2. The first-order chi connectivity index (χ1) is 12.0. The van der Waals surface area contributed by atoms with Crippen LogP contribution in [0.15, 0.2) is 53.0 Å². The van der Waals surface area contributed by atoms with Crippen molar-refractivity contribution >= 4 is 33.4 Å². The molecule has 2 aromatic carbocycles. The molecule has 0 aliphatic heterocycles. The third-order valence-electron chi connectivity index (χ3n) is 4.63. The number of hydrogen-bond donors (Lipinski definition) is 1. The Balaban J connectivity index is 1.55. The third-order valence-corrected chi connectivity index (χ3v) is 5.32. The maximum Gasteiger partial charge on any atom is 0.244 e. The maximum atomic E-state index is 12.5. The van der Waals surface area contributed by atoms with Crippen LogP contribution in [0.3, 0.4) is 0 Å². The molecule has 0 saturated heterocycles. The molecular weight excluding hydrogens is 380 g/mol. The zero-order chi connectivity index (χ0) is 17.8. The van der Waals surface area contributed by atoms with Gasteiger partial charge in [-0.15, -0.1) is 0 Å². The molecule has 1 aliphatic rings. The lowest BCUT2D eigenvalue weighted by Crippen LogP contribution is -2.35. The summed E-state index contributed by atoms with van der Waals surface area (Å²) in [6.07, 6.45) is 2.48. The molecule has 1 unspecified atom stereocenters. The van der Waals surface area contributed by atoms with Gasteiger partial charge in [0.05, 0.1) is 12.2 Å². The summed E-state index contributed by atoms with van der Waals surface area (Å²) >= 11 is 3.40. The summed E-state index contributed by atoms with van der Waals surface area (Å²) in [6.45, 7) is 0.0501. The van der Waals surface area contributed by atoms with Crippen molar-refractivity contribution in [1.82, 2.24) is 4.90 Å². The first kappa shape index (κ1) is 17.7. The summed E-state index contributed by atoms with van der Waals surface area (Å²) in [7, 11) is 1.68. The maximum absolute atomic E-state index is 12.5.